The number of aliphatic hydroxyl groups is 1. The molecule has 1 aromatic rings. The van der Waals surface area contributed by atoms with Gasteiger partial charge >= 0.3 is 0 Å². The Hall–Kier alpha value is -1.40. The van der Waals surface area contributed by atoms with Gasteiger partial charge in [-0.05, 0) is 24.1 Å². The summed E-state index contributed by atoms with van der Waals surface area (Å²) in [5.41, 5.74) is 1.80. The maximum atomic E-state index is 8.86. The summed E-state index contributed by atoms with van der Waals surface area (Å²) in [7, 11) is 0. The number of aliphatic hydroxyl groups excluding tert-OH is 1. The van der Waals surface area contributed by atoms with Gasteiger partial charge in [0.25, 0.3) is 0 Å². The van der Waals surface area contributed by atoms with Crippen molar-refractivity contribution in [2.45, 2.75) is 12.8 Å². The van der Waals surface area contributed by atoms with Crippen molar-refractivity contribution in [3.05, 3.63) is 29.6 Å². The van der Waals surface area contributed by atoms with Gasteiger partial charge in [-0.3, -0.25) is 4.98 Å². The van der Waals surface area contributed by atoms with E-state index in [4.69, 9.17) is 10.4 Å². The van der Waals surface area contributed by atoms with Crippen LogP contribution in [0.25, 0.3) is 0 Å². The average molecular weight is 162 g/mol. The second-order valence-electron chi connectivity index (χ2n) is 2.60. The second kappa shape index (κ2) is 3.84. The maximum Gasteiger partial charge on any atom is 0.0947 e. The minimum Gasteiger partial charge on any atom is -0.395 e. The molecule has 62 valence electrons. The molecular weight excluding hydrogens is 152 g/mol. The Morgan fingerprint density at radius 1 is 1.75 bits per heavy atom. The minimum absolute atomic E-state index is 0.138. The number of rotatable bonds is 2. The number of hydrogen-bond acceptors (Lipinski definition) is 3. The van der Waals surface area contributed by atoms with Gasteiger partial charge in [-0.15, -0.1) is 0 Å². The highest BCUT2D eigenvalue weighted by molar-refractivity contribution is 5.29. The molecule has 1 unspecified atom stereocenters. The van der Waals surface area contributed by atoms with Gasteiger partial charge in [-0.2, -0.15) is 5.26 Å². The summed E-state index contributed by atoms with van der Waals surface area (Å²) < 4.78 is 0. The van der Waals surface area contributed by atoms with E-state index in [0.29, 0.717) is 0 Å². The molecule has 0 spiro atoms. The SMILES string of the molecule is Cc1cnccc1C(C#N)CO. The van der Waals surface area contributed by atoms with Crippen LogP contribution in [-0.4, -0.2) is 16.7 Å². The van der Waals surface area contributed by atoms with Crippen LogP contribution in [-0.2, 0) is 0 Å². The molecule has 1 atom stereocenters. The summed E-state index contributed by atoms with van der Waals surface area (Å²) in [4.78, 5) is 3.90. The van der Waals surface area contributed by atoms with Crippen molar-refractivity contribution < 1.29 is 5.11 Å². The highest BCUT2D eigenvalue weighted by Crippen LogP contribution is 2.16. The molecule has 1 aromatic heterocycles. The van der Waals surface area contributed by atoms with Crippen LogP contribution in [0.4, 0.5) is 0 Å². The van der Waals surface area contributed by atoms with E-state index in [9.17, 15) is 0 Å². The lowest BCUT2D eigenvalue weighted by Crippen LogP contribution is -2.03. The van der Waals surface area contributed by atoms with E-state index in [1.54, 1.807) is 18.5 Å². The van der Waals surface area contributed by atoms with Gasteiger partial charge in [0.2, 0.25) is 0 Å². The lowest BCUT2D eigenvalue weighted by atomic mass is 9.99. The van der Waals surface area contributed by atoms with Crippen LogP contribution in [0, 0.1) is 18.3 Å². The third kappa shape index (κ3) is 1.60. The van der Waals surface area contributed by atoms with Gasteiger partial charge in [-0.1, -0.05) is 0 Å². The maximum absolute atomic E-state index is 8.86. The Morgan fingerprint density at radius 3 is 3.00 bits per heavy atom. The zero-order valence-electron chi connectivity index (χ0n) is 6.86. The molecule has 0 radical (unpaired) electrons. The lowest BCUT2D eigenvalue weighted by Gasteiger charge is -2.07. The fourth-order valence-electron chi connectivity index (χ4n) is 1.08. The van der Waals surface area contributed by atoms with Crippen molar-refractivity contribution in [1.29, 1.82) is 5.26 Å². The topological polar surface area (TPSA) is 56.9 Å². The van der Waals surface area contributed by atoms with E-state index < -0.39 is 5.92 Å². The first-order valence-corrected chi connectivity index (χ1v) is 3.70. The molecule has 1 rings (SSSR count). The number of nitrogens with zero attached hydrogens (tertiary/aromatic N) is 2. The van der Waals surface area contributed by atoms with Crippen molar-refractivity contribution >= 4 is 0 Å². The summed E-state index contributed by atoms with van der Waals surface area (Å²) >= 11 is 0. The van der Waals surface area contributed by atoms with Crippen molar-refractivity contribution in [1.82, 2.24) is 4.98 Å². The summed E-state index contributed by atoms with van der Waals surface area (Å²) in [5.74, 6) is -0.423. The predicted octanol–water partition coefficient (Wildman–Crippen LogP) is 0.989. The molecule has 0 bridgehead atoms. The Balaban J connectivity index is 3.02. The molecule has 0 aromatic carbocycles. The summed E-state index contributed by atoms with van der Waals surface area (Å²) in [6, 6.07) is 3.79. The fraction of sp³-hybridized carbons (Fsp3) is 0.333. The van der Waals surface area contributed by atoms with Crippen LogP contribution in [0.15, 0.2) is 18.5 Å². The monoisotopic (exact) mass is 162 g/mol. The molecule has 1 heterocycles. The quantitative estimate of drug-likeness (QED) is 0.705. The number of aromatic nitrogens is 1. The van der Waals surface area contributed by atoms with Crippen LogP contribution in [0.1, 0.15) is 17.0 Å². The fourth-order valence-corrected chi connectivity index (χ4v) is 1.08. The number of aryl methyl sites for hydroxylation is 1. The van der Waals surface area contributed by atoms with E-state index in [1.165, 1.54) is 0 Å². The zero-order chi connectivity index (χ0) is 8.97. The molecule has 0 aliphatic carbocycles. The third-order valence-corrected chi connectivity index (χ3v) is 1.78. The zero-order valence-corrected chi connectivity index (χ0v) is 6.86. The molecule has 3 heteroatoms. The van der Waals surface area contributed by atoms with Gasteiger partial charge in [0.05, 0.1) is 18.6 Å². The third-order valence-electron chi connectivity index (χ3n) is 1.78. The smallest absolute Gasteiger partial charge is 0.0947 e. The summed E-state index contributed by atoms with van der Waals surface area (Å²) in [6.45, 7) is 1.74. The van der Waals surface area contributed by atoms with Crippen LogP contribution in [0.5, 0.6) is 0 Å². The molecule has 3 nitrogen and oxygen atoms in total. The normalized spacial score (nSPS) is 12.1. The van der Waals surface area contributed by atoms with Crippen LogP contribution < -0.4 is 0 Å². The van der Waals surface area contributed by atoms with E-state index in [0.717, 1.165) is 11.1 Å². The molecule has 12 heavy (non-hydrogen) atoms. The number of pyridine rings is 1. The Morgan fingerprint density at radius 2 is 2.50 bits per heavy atom. The highest BCUT2D eigenvalue weighted by atomic mass is 16.3. The summed E-state index contributed by atoms with van der Waals surface area (Å²) in [6.07, 6.45) is 3.32. The molecule has 0 aliphatic rings. The first-order valence-electron chi connectivity index (χ1n) is 3.70. The van der Waals surface area contributed by atoms with E-state index in [-0.39, 0.29) is 6.61 Å². The average Bonchev–Trinajstić information content (AvgIpc) is 2.10. The second-order valence-corrected chi connectivity index (χ2v) is 2.60. The predicted molar refractivity (Wildman–Crippen MR) is 44.4 cm³/mol. The standard InChI is InChI=1S/C9H10N2O/c1-7-5-11-3-2-9(7)8(4-10)6-12/h2-3,5,8,12H,6H2,1H3. The van der Waals surface area contributed by atoms with E-state index >= 15 is 0 Å². The van der Waals surface area contributed by atoms with Crippen molar-refractivity contribution in [2.24, 2.45) is 0 Å². The minimum atomic E-state index is -0.423. The Bertz CT molecular complexity index is 304. The number of nitriles is 1. The van der Waals surface area contributed by atoms with Crippen molar-refractivity contribution in [3.63, 3.8) is 0 Å². The Labute approximate surface area is 71.3 Å². The molecular formula is C9H10N2O. The summed E-state index contributed by atoms with van der Waals surface area (Å²) in [5, 5.41) is 17.5. The molecule has 0 saturated heterocycles. The van der Waals surface area contributed by atoms with Gasteiger partial charge in [0.15, 0.2) is 0 Å². The van der Waals surface area contributed by atoms with Crippen LogP contribution >= 0.6 is 0 Å². The van der Waals surface area contributed by atoms with Crippen LogP contribution in [0.3, 0.4) is 0 Å². The molecule has 0 fully saturated rings. The molecule has 0 aliphatic heterocycles. The largest absolute Gasteiger partial charge is 0.395 e. The van der Waals surface area contributed by atoms with Crippen molar-refractivity contribution in [2.75, 3.05) is 6.61 Å². The molecule has 0 amide bonds. The van der Waals surface area contributed by atoms with E-state index in [2.05, 4.69) is 4.98 Å². The first-order chi connectivity index (χ1) is 5.79. The number of hydrogen-bond donors (Lipinski definition) is 1. The van der Waals surface area contributed by atoms with Crippen molar-refractivity contribution in [3.8, 4) is 6.07 Å². The molecule has 1 N–H and O–H groups in total. The van der Waals surface area contributed by atoms with Gasteiger partial charge < -0.3 is 5.11 Å². The highest BCUT2D eigenvalue weighted by Gasteiger charge is 2.10. The van der Waals surface area contributed by atoms with Gasteiger partial charge in [0.1, 0.15) is 0 Å². The first kappa shape index (κ1) is 8.69. The van der Waals surface area contributed by atoms with E-state index in [1.807, 2.05) is 13.0 Å². The van der Waals surface area contributed by atoms with Crippen LogP contribution in [0.2, 0.25) is 0 Å². The van der Waals surface area contributed by atoms with Gasteiger partial charge in [0, 0.05) is 12.4 Å². The van der Waals surface area contributed by atoms with Gasteiger partial charge in [-0.25, -0.2) is 0 Å². The Kier molecular flexibility index (Phi) is 2.78. The molecule has 0 saturated carbocycles. The lowest BCUT2D eigenvalue weighted by molar-refractivity contribution is 0.285.